The number of amides is 2. The number of benzene rings is 1. The average Bonchev–Trinajstić information content (AvgIpc) is 3.54. The normalized spacial score (nSPS) is 12.2. The first-order valence-corrected chi connectivity index (χ1v) is 16.0. The van der Waals surface area contributed by atoms with E-state index in [0.29, 0.717) is 17.5 Å². The fraction of sp³-hybridized carbons (Fsp3) is 0.464. The molecular weight excluding hydrogens is 669 g/mol. The van der Waals surface area contributed by atoms with Gasteiger partial charge in [0.2, 0.25) is 0 Å². The van der Waals surface area contributed by atoms with E-state index >= 15 is 4.39 Å². The van der Waals surface area contributed by atoms with Crippen LogP contribution in [0.1, 0.15) is 62.7 Å². The molecule has 3 rings (SSSR count). The Labute approximate surface area is 264 Å². The number of nitrogens with zero attached hydrogens (tertiary/aromatic N) is 2. The molecule has 1 aromatic carbocycles. The first kappa shape index (κ1) is 38.5. The maximum absolute atomic E-state index is 15.2. The van der Waals surface area contributed by atoms with Gasteiger partial charge in [0.05, 0.1) is 6.54 Å². The number of imidazole rings is 1. The number of hydrogen-bond acceptors (Lipinski definition) is 6. The van der Waals surface area contributed by atoms with E-state index in [1.807, 2.05) is 37.0 Å². The van der Waals surface area contributed by atoms with Crippen LogP contribution in [0.3, 0.4) is 0 Å². The summed E-state index contributed by atoms with van der Waals surface area (Å²) in [5, 5.41) is 9.26. The van der Waals surface area contributed by atoms with Crippen molar-refractivity contribution in [2.45, 2.75) is 76.0 Å². The number of carboxylic acids is 1. The van der Waals surface area contributed by atoms with Crippen LogP contribution in [0.25, 0.3) is 11.1 Å². The molecule has 0 aliphatic heterocycles. The first-order chi connectivity index (χ1) is 21.1. The van der Waals surface area contributed by atoms with Crippen molar-refractivity contribution in [3.05, 3.63) is 58.7 Å². The molecular formula is C28H33F7N4O5S2. The highest BCUT2D eigenvalue weighted by molar-refractivity contribution is 7.92. The first-order valence-electron chi connectivity index (χ1n) is 13.7. The van der Waals surface area contributed by atoms with Crippen LogP contribution in [0.2, 0.25) is 0 Å². The van der Waals surface area contributed by atoms with Crippen LogP contribution < -0.4 is 10.0 Å². The average molecular weight is 703 g/mol. The Hall–Kier alpha value is -3.67. The van der Waals surface area contributed by atoms with Crippen molar-refractivity contribution in [2.24, 2.45) is 5.92 Å². The zero-order valence-corrected chi connectivity index (χ0v) is 26.7. The fourth-order valence-electron chi connectivity index (χ4n) is 4.00. The Morgan fingerprint density at radius 1 is 1.07 bits per heavy atom. The third-order valence-corrected chi connectivity index (χ3v) is 8.99. The summed E-state index contributed by atoms with van der Waals surface area (Å²) in [5.41, 5.74) is 0.962. The molecule has 0 saturated carbocycles. The molecule has 46 heavy (non-hydrogen) atoms. The lowest BCUT2D eigenvalue weighted by Crippen LogP contribution is -2.39. The Morgan fingerprint density at radius 3 is 2.22 bits per heavy atom. The summed E-state index contributed by atoms with van der Waals surface area (Å²) in [6, 6.07) is 5.01. The predicted octanol–water partition coefficient (Wildman–Crippen LogP) is 7.08. The Balaban J connectivity index is 0.000000942. The van der Waals surface area contributed by atoms with Crippen molar-refractivity contribution < 1.29 is 53.8 Å². The topological polar surface area (TPSA) is 130 Å². The summed E-state index contributed by atoms with van der Waals surface area (Å²) in [7, 11) is -4.40. The Kier molecular flexibility index (Phi) is 13.2. The van der Waals surface area contributed by atoms with Crippen LogP contribution in [0.5, 0.6) is 0 Å². The van der Waals surface area contributed by atoms with Gasteiger partial charge in [0.25, 0.3) is 10.0 Å². The van der Waals surface area contributed by atoms with Gasteiger partial charge in [-0.3, -0.25) is 0 Å². The van der Waals surface area contributed by atoms with Gasteiger partial charge in [-0.2, -0.15) is 26.3 Å². The van der Waals surface area contributed by atoms with E-state index in [1.54, 1.807) is 30.6 Å². The number of aliphatic carboxylic acids is 1. The highest BCUT2D eigenvalue weighted by Crippen LogP contribution is 2.37. The predicted molar refractivity (Wildman–Crippen MR) is 156 cm³/mol. The molecule has 9 nitrogen and oxygen atoms in total. The zero-order chi connectivity index (χ0) is 35.0. The van der Waals surface area contributed by atoms with Crippen molar-refractivity contribution in [3.63, 3.8) is 0 Å². The Morgan fingerprint density at radius 2 is 1.70 bits per heavy atom. The molecule has 0 fully saturated rings. The van der Waals surface area contributed by atoms with Crippen LogP contribution in [0.4, 0.5) is 35.5 Å². The third-order valence-electron chi connectivity index (χ3n) is 5.96. The minimum Gasteiger partial charge on any atom is -0.475 e. The van der Waals surface area contributed by atoms with E-state index in [1.165, 1.54) is 6.07 Å². The summed E-state index contributed by atoms with van der Waals surface area (Å²) < 4.78 is 114. The van der Waals surface area contributed by atoms with Crippen molar-refractivity contribution in [3.8, 4) is 11.1 Å². The van der Waals surface area contributed by atoms with Crippen LogP contribution in [-0.2, 0) is 27.8 Å². The number of aromatic nitrogens is 2. The standard InChI is InChI=1S/C26H32F4N4O3S2.C2HF3O2/c1-16(2)12-20-14-21(24(38-20)39(36,37)33-25(35)32-9-5-8-26(28,29)30)18-6-7-19(22(27)13-18)15-34-11-10-31-23(34)17(3)4;3-2(4,5)1(6)7/h6-7,10-11,13-14,16-17H,5,8-9,12,15H2,1-4H3,(H2,32,33,35);(H,6,7). The second-order valence-corrected chi connectivity index (χ2v) is 13.8. The number of carbonyl (C=O) groups is 2. The maximum Gasteiger partial charge on any atom is 0.490 e. The molecule has 0 spiro atoms. The number of urea groups is 1. The summed E-state index contributed by atoms with van der Waals surface area (Å²) in [6.07, 6.45) is -6.96. The van der Waals surface area contributed by atoms with Gasteiger partial charge in [-0.15, -0.1) is 11.3 Å². The van der Waals surface area contributed by atoms with E-state index < -0.39 is 46.6 Å². The SMILES string of the molecule is CC(C)Cc1cc(-c2ccc(Cn3ccnc3C(C)C)c(F)c2)c(S(=O)(=O)NC(=O)NCCCC(F)(F)F)s1.O=C(O)C(F)(F)F. The van der Waals surface area contributed by atoms with Crippen LogP contribution in [0, 0.1) is 11.7 Å². The molecule has 0 bridgehead atoms. The molecule has 256 valence electrons. The van der Waals surface area contributed by atoms with Gasteiger partial charge in [0.15, 0.2) is 0 Å². The third kappa shape index (κ3) is 11.9. The van der Waals surface area contributed by atoms with Crippen molar-refractivity contribution in [1.29, 1.82) is 0 Å². The van der Waals surface area contributed by atoms with E-state index in [2.05, 4.69) is 10.3 Å². The number of thiophene rings is 1. The molecule has 0 radical (unpaired) electrons. The van der Waals surface area contributed by atoms with Gasteiger partial charge in [0, 0.05) is 47.3 Å². The molecule has 0 saturated heterocycles. The van der Waals surface area contributed by atoms with Crippen LogP contribution in [0.15, 0.2) is 40.9 Å². The largest absolute Gasteiger partial charge is 0.490 e. The van der Waals surface area contributed by atoms with Crippen molar-refractivity contribution in [2.75, 3.05) is 6.54 Å². The second kappa shape index (κ2) is 15.8. The highest BCUT2D eigenvalue weighted by Gasteiger charge is 2.38. The molecule has 0 aliphatic carbocycles. The summed E-state index contributed by atoms with van der Waals surface area (Å²) >= 11 is 0.968. The van der Waals surface area contributed by atoms with E-state index in [9.17, 15) is 39.6 Å². The number of rotatable bonds is 11. The molecule has 3 aromatic rings. The van der Waals surface area contributed by atoms with E-state index in [0.717, 1.165) is 22.0 Å². The Bertz CT molecular complexity index is 1600. The zero-order valence-electron chi connectivity index (χ0n) is 25.1. The van der Waals surface area contributed by atoms with Crippen molar-refractivity contribution in [1.82, 2.24) is 19.6 Å². The minimum absolute atomic E-state index is 0.148. The number of carbonyl (C=O) groups excluding carboxylic acids is 1. The number of alkyl halides is 6. The highest BCUT2D eigenvalue weighted by atomic mass is 32.2. The molecule has 0 unspecified atom stereocenters. The lowest BCUT2D eigenvalue weighted by molar-refractivity contribution is -0.192. The fourth-order valence-corrected chi connectivity index (χ4v) is 6.88. The number of halogens is 7. The summed E-state index contributed by atoms with van der Waals surface area (Å²) in [6.45, 7) is 7.82. The van der Waals surface area contributed by atoms with Gasteiger partial charge in [-0.25, -0.2) is 32.1 Å². The summed E-state index contributed by atoms with van der Waals surface area (Å²) in [5.74, 6) is -2.11. The molecule has 0 atom stereocenters. The number of nitrogens with one attached hydrogen (secondary N) is 2. The molecule has 18 heteroatoms. The van der Waals surface area contributed by atoms with Gasteiger partial charge in [-0.05, 0) is 36.5 Å². The van der Waals surface area contributed by atoms with Gasteiger partial charge in [0.1, 0.15) is 15.9 Å². The van der Waals surface area contributed by atoms with E-state index in [4.69, 9.17) is 9.90 Å². The van der Waals surface area contributed by atoms with Crippen molar-refractivity contribution >= 4 is 33.4 Å². The van der Waals surface area contributed by atoms with Gasteiger partial charge < -0.3 is 15.0 Å². The monoisotopic (exact) mass is 702 g/mol. The molecule has 2 amide bonds. The van der Waals surface area contributed by atoms with Crippen LogP contribution >= 0.6 is 11.3 Å². The van der Waals surface area contributed by atoms with Crippen LogP contribution in [-0.4, -0.2) is 54.0 Å². The molecule has 2 aromatic heterocycles. The van der Waals surface area contributed by atoms with Gasteiger partial charge in [-0.1, -0.05) is 39.8 Å². The molecule has 2 heterocycles. The second-order valence-electron chi connectivity index (χ2n) is 10.8. The minimum atomic E-state index is -5.08. The lowest BCUT2D eigenvalue weighted by atomic mass is 10.0. The molecule has 0 aliphatic rings. The number of carboxylic acid groups (broad SMARTS) is 1. The summed E-state index contributed by atoms with van der Waals surface area (Å²) in [4.78, 5) is 26.1. The maximum atomic E-state index is 15.2. The quantitative estimate of drug-likeness (QED) is 0.145. The number of sulfonamides is 1. The van der Waals surface area contributed by atoms with Gasteiger partial charge >= 0.3 is 24.4 Å². The smallest absolute Gasteiger partial charge is 0.475 e. The molecule has 3 N–H and O–H groups in total. The number of hydrogen-bond donors (Lipinski definition) is 3. The lowest BCUT2D eigenvalue weighted by Gasteiger charge is -2.12. The van der Waals surface area contributed by atoms with E-state index in [-0.39, 0.29) is 41.1 Å².